The van der Waals surface area contributed by atoms with Crippen molar-refractivity contribution >= 4 is 24.8 Å². The van der Waals surface area contributed by atoms with Crippen LogP contribution in [0.1, 0.15) is 37.3 Å². The molecule has 1 atom stereocenters. The van der Waals surface area contributed by atoms with Crippen LogP contribution in [0.15, 0.2) is 24.3 Å². The Morgan fingerprint density at radius 1 is 1.00 bits per heavy atom. The van der Waals surface area contributed by atoms with E-state index in [1.807, 2.05) is 12.1 Å². The Labute approximate surface area is 139 Å². The van der Waals surface area contributed by atoms with E-state index in [4.69, 9.17) is 0 Å². The van der Waals surface area contributed by atoms with Gasteiger partial charge in [0.25, 0.3) is 0 Å². The van der Waals surface area contributed by atoms with Gasteiger partial charge in [-0.15, -0.1) is 24.8 Å². The fourth-order valence-corrected chi connectivity index (χ4v) is 3.67. The molecule has 1 aromatic rings. The second-order valence-electron chi connectivity index (χ2n) is 5.83. The average molecular weight is 335 g/mol. The predicted octanol–water partition coefficient (Wildman–Crippen LogP) is 3.81. The molecule has 1 saturated carbocycles. The zero-order chi connectivity index (χ0) is 13.1. The lowest BCUT2D eigenvalue weighted by molar-refractivity contribution is 0.125. The second kappa shape index (κ2) is 8.94. The van der Waals surface area contributed by atoms with Crippen LogP contribution in [0, 0.1) is 11.7 Å². The number of rotatable bonds is 3. The van der Waals surface area contributed by atoms with Gasteiger partial charge in [0.1, 0.15) is 5.82 Å². The lowest BCUT2D eigenvalue weighted by Crippen LogP contribution is -2.46. The van der Waals surface area contributed by atoms with Crippen LogP contribution in [0.25, 0.3) is 0 Å². The van der Waals surface area contributed by atoms with Gasteiger partial charge in [-0.05, 0) is 36.5 Å². The molecule has 5 heteroatoms. The van der Waals surface area contributed by atoms with Crippen molar-refractivity contribution in [3.63, 3.8) is 0 Å². The molecule has 1 N–H and O–H groups in total. The summed E-state index contributed by atoms with van der Waals surface area (Å²) in [6.45, 7) is 4.37. The van der Waals surface area contributed by atoms with E-state index in [-0.39, 0.29) is 30.6 Å². The Bertz CT molecular complexity index is 401. The summed E-state index contributed by atoms with van der Waals surface area (Å²) in [5.41, 5.74) is 1.30. The molecule has 1 aromatic carbocycles. The topological polar surface area (TPSA) is 15.3 Å². The van der Waals surface area contributed by atoms with Crippen molar-refractivity contribution in [1.29, 1.82) is 0 Å². The molecule has 1 aliphatic heterocycles. The van der Waals surface area contributed by atoms with Gasteiger partial charge >= 0.3 is 0 Å². The summed E-state index contributed by atoms with van der Waals surface area (Å²) in [5.74, 6) is 0.623. The van der Waals surface area contributed by atoms with Crippen molar-refractivity contribution in [2.75, 3.05) is 26.2 Å². The average Bonchev–Trinajstić information content (AvgIpc) is 2.96. The van der Waals surface area contributed by atoms with Crippen LogP contribution in [0.5, 0.6) is 0 Å². The molecule has 1 heterocycles. The molecule has 2 aliphatic rings. The Kier molecular flexibility index (Phi) is 7.96. The van der Waals surface area contributed by atoms with E-state index in [1.165, 1.54) is 31.2 Å². The van der Waals surface area contributed by atoms with Crippen molar-refractivity contribution in [1.82, 2.24) is 10.2 Å². The summed E-state index contributed by atoms with van der Waals surface area (Å²) in [6.07, 6.45) is 5.36. The highest BCUT2D eigenvalue weighted by molar-refractivity contribution is 5.85. The first-order valence-corrected chi connectivity index (χ1v) is 7.55. The van der Waals surface area contributed by atoms with Gasteiger partial charge in [-0.25, -0.2) is 4.39 Å². The molecule has 1 aliphatic carbocycles. The molecule has 120 valence electrons. The number of piperazine rings is 1. The zero-order valence-corrected chi connectivity index (χ0v) is 13.9. The molecule has 0 aromatic heterocycles. The molecular weight excluding hydrogens is 310 g/mol. The Morgan fingerprint density at radius 2 is 1.57 bits per heavy atom. The van der Waals surface area contributed by atoms with Crippen LogP contribution >= 0.6 is 24.8 Å². The molecule has 0 spiro atoms. The summed E-state index contributed by atoms with van der Waals surface area (Å²) >= 11 is 0. The number of nitrogens with zero attached hydrogens (tertiary/aromatic N) is 1. The van der Waals surface area contributed by atoms with Gasteiger partial charge in [-0.1, -0.05) is 25.0 Å². The van der Waals surface area contributed by atoms with Crippen LogP contribution in [-0.4, -0.2) is 31.1 Å². The number of hydrogen-bond acceptors (Lipinski definition) is 2. The smallest absolute Gasteiger partial charge is 0.123 e. The highest BCUT2D eigenvalue weighted by Crippen LogP contribution is 2.39. The molecule has 2 fully saturated rings. The van der Waals surface area contributed by atoms with E-state index < -0.39 is 0 Å². The quantitative estimate of drug-likeness (QED) is 0.904. The Balaban J connectivity index is 0.00000110. The summed E-state index contributed by atoms with van der Waals surface area (Å²) in [5, 5.41) is 3.42. The maximum atomic E-state index is 13.1. The first kappa shape index (κ1) is 18.7. The summed E-state index contributed by atoms with van der Waals surface area (Å²) in [7, 11) is 0. The Morgan fingerprint density at radius 3 is 2.14 bits per heavy atom. The van der Waals surface area contributed by atoms with Crippen molar-refractivity contribution < 1.29 is 4.39 Å². The van der Waals surface area contributed by atoms with E-state index in [2.05, 4.69) is 10.2 Å². The van der Waals surface area contributed by atoms with Crippen LogP contribution in [0.2, 0.25) is 0 Å². The maximum Gasteiger partial charge on any atom is 0.123 e. The van der Waals surface area contributed by atoms with E-state index in [0.717, 1.165) is 32.1 Å². The standard InChI is InChI=1S/C16H23FN2.2ClH/c17-15-7-5-14(6-8-15)16(13-3-1-2-4-13)19-11-9-18-10-12-19;;/h5-8,13,16,18H,1-4,9-12H2;2*1H/t16-;;/m1../s1. The van der Waals surface area contributed by atoms with Crippen LogP contribution in [0.3, 0.4) is 0 Å². The lowest BCUT2D eigenvalue weighted by Gasteiger charge is -2.38. The van der Waals surface area contributed by atoms with Gasteiger partial charge < -0.3 is 5.32 Å². The van der Waals surface area contributed by atoms with Crippen molar-refractivity contribution in [2.24, 2.45) is 5.92 Å². The first-order chi connectivity index (χ1) is 9.34. The third-order valence-corrected chi connectivity index (χ3v) is 4.60. The summed E-state index contributed by atoms with van der Waals surface area (Å²) < 4.78 is 13.1. The molecule has 2 nitrogen and oxygen atoms in total. The number of benzene rings is 1. The van der Waals surface area contributed by atoms with Crippen molar-refractivity contribution in [3.8, 4) is 0 Å². The molecular formula is C16H25Cl2FN2. The first-order valence-electron chi connectivity index (χ1n) is 7.55. The van der Waals surface area contributed by atoms with Crippen molar-refractivity contribution in [3.05, 3.63) is 35.6 Å². The summed E-state index contributed by atoms with van der Waals surface area (Å²) in [4.78, 5) is 2.60. The molecule has 1 saturated heterocycles. The normalized spacial score (nSPS) is 21.4. The van der Waals surface area contributed by atoms with Gasteiger partial charge in [0.2, 0.25) is 0 Å². The van der Waals surface area contributed by atoms with E-state index in [9.17, 15) is 4.39 Å². The maximum absolute atomic E-state index is 13.1. The van der Waals surface area contributed by atoms with Gasteiger partial charge in [-0.2, -0.15) is 0 Å². The fourth-order valence-electron chi connectivity index (χ4n) is 3.67. The summed E-state index contributed by atoms with van der Waals surface area (Å²) in [6, 6.07) is 7.69. The largest absolute Gasteiger partial charge is 0.314 e. The van der Waals surface area contributed by atoms with E-state index in [1.54, 1.807) is 12.1 Å². The number of halogens is 3. The molecule has 21 heavy (non-hydrogen) atoms. The monoisotopic (exact) mass is 334 g/mol. The fraction of sp³-hybridized carbons (Fsp3) is 0.625. The number of nitrogens with one attached hydrogen (secondary N) is 1. The molecule has 0 bridgehead atoms. The molecule has 0 radical (unpaired) electrons. The zero-order valence-electron chi connectivity index (χ0n) is 12.3. The minimum absolute atomic E-state index is 0. The lowest BCUT2D eigenvalue weighted by atomic mass is 9.90. The van der Waals surface area contributed by atoms with Crippen LogP contribution in [-0.2, 0) is 0 Å². The van der Waals surface area contributed by atoms with Gasteiger partial charge in [0.05, 0.1) is 0 Å². The third-order valence-electron chi connectivity index (χ3n) is 4.60. The minimum Gasteiger partial charge on any atom is -0.314 e. The third kappa shape index (κ3) is 4.56. The van der Waals surface area contributed by atoms with Gasteiger partial charge in [0.15, 0.2) is 0 Å². The molecule has 0 amide bonds. The van der Waals surface area contributed by atoms with Gasteiger partial charge in [-0.3, -0.25) is 4.90 Å². The SMILES string of the molecule is Cl.Cl.Fc1ccc([C@@H](C2CCCC2)N2CCNCC2)cc1. The second-order valence-corrected chi connectivity index (χ2v) is 5.83. The van der Waals surface area contributed by atoms with Crippen LogP contribution in [0.4, 0.5) is 4.39 Å². The Hall–Kier alpha value is -0.350. The highest BCUT2D eigenvalue weighted by Gasteiger charge is 2.31. The van der Waals surface area contributed by atoms with Crippen LogP contribution < -0.4 is 5.32 Å². The highest BCUT2D eigenvalue weighted by atomic mass is 35.5. The van der Waals surface area contributed by atoms with Crippen molar-refractivity contribution in [2.45, 2.75) is 31.7 Å². The number of hydrogen-bond donors (Lipinski definition) is 1. The van der Waals surface area contributed by atoms with Gasteiger partial charge in [0, 0.05) is 32.2 Å². The predicted molar refractivity (Wildman–Crippen MR) is 90.0 cm³/mol. The molecule has 3 rings (SSSR count). The minimum atomic E-state index is -0.130. The molecule has 0 unspecified atom stereocenters. The van der Waals surface area contributed by atoms with E-state index in [0.29, 0.717) is 6.04 Å². The van der Waals surface area contributed by atoms with E-state index >= 15 is 0 Å².